The predicted molar refractivity (Wildman–Crippen MR) is 112 cm³/mol. The van der Waals surface area contributed by atoms with Gasteiger partial charge in [0.2, 0.25) is 5.91 Å². The summed E-state index contributed by atoms with van der Waals surface area (Å²) in [6, 6.07) is 5.71. The van der Waals surface area contributed by atoms with E-state index in [1.165, 1.54) is 0 Å². The number of ketones is 1. The van der Waals surface area contributed by atoms with E-state index in [1.807, 2.05) is 33.0 Å². The lowest BCUT2D eigenvalue weighted by Gasteiger charge is -2.23. The van der Waals surface area contributed by atoms with Crippen molar-refractivity contribution >= 4 is 23.3 Å². The molecule has 1 unspecified atom stereocenters. The minimum absolute atomic E-state index is 0.00201. The number of anilines is 1. The highest BCUT2D eigenvalue weighted by Gasteiger charge is 2.35. The second kappa shape index (κ2) is 10.9. The summed E-state index contributed by atoms with van der Waals surface area (Å²) in [6.07, 6.45) is 0.0991. The Hall–Kier alpha value is -2.45. The Labute approximate surface area is 172 Å². The first-order chi connectivity index (χ1) is 13.8. The molecule has 8 nitrogen and oxygen atoms in total. The number of ether oxygens (including phenoxy) is 1. The van der Waals surface area contributed by atoms with Gasteiger partial charge in [-0.25, -0.2) is 0 Å². The molecule has 0 aromatic heterocycles. The van der Waals surface area contributed by atoms with Crippen LogP contribution in [-0.4, -0.2) is 62.5 Å². The van der Waals surface area contributed by atoms with Crippen molar-refractivity contribution in [1.29, 1.82) is 0 Å². The highest BCUT2D eigenvalue weighted by molar-refractivity contribution is 5.99. The van der Waals surface area contributed by atoms with Crippen molar-refractivity contribution in [3.05, 3.63) is 29.8 Å². The van der Waals surface area contributed by atoms with Crippen LogP contribution in [0.3, 0.4) is 0 Å². The number of carbonyl (C=O) groups is 3. The van der Waals surface area contributed by atoms with Gasteiger partial charge in [-0.15, -0.1) is 0 Å². The highest BCUT2D eigenvalue weighted by atomic mass is 16.5. The zero-order valence-corrected chi connectivity index (χ0v) is 17.6. The first-order valence-electron chi connectivity index (χ1n) is 10.1. The van der Waals surface area contributed by atoms with Crippen molar-refractivity contribution in [3.63, 3.8) is 0 Å². The van der Waals surface area contributed by atoms with Crippen molar-refractivity contribution in [2.24, 2.45) is 5.92 Å². The second-order valence-electron chi connectivity index (χ2n) is 7.73. The van der Waals surface area contributed by atoms with E-state index >= 15 is 0 Å². The standard InChI is InChI=1S/C21H32N4O4/c1-13(2)11-17(21(28)25-19-14(3)29-12-18(19)26)24-20(27)15-5-7-16(8-6-15)23-10-9-22-4/h5-8,13-14,17,19,22-23H,9-12H2,1-4H3,(H,24,27)(H,25,28)/t14-,17?,19+/m1/s1. The third-order valence-corrected chi connectivity index (χ3v) is 4.78. The van der Waals surface area contributed by atoms with Crippen LogP contribution in [0.1, 0.15) is 37.6 Å². The molecule has 1 aliphatic rings. The Kier molecular flexibility index (Phi) is 8.60. The molecule has 0 saturated carbocycles. The lowest BCUT2D eigenvalue weighted by Crippen LogP contribution is -2.53. The summed E-state index contributed by atoms with van der Waals surface area (Å²) in [4.78, 5) is 37.3. The third kappa shape index (κ3) is 6.83. The molecule has 0 aliphatic carbocycles. The third-order valence-electron chi connectivity index (χ3n) is 4.78. The summed E-state index contributed by atoms with van der Waals surface area (Å²) in [5.74, 6) is -0.651. The Bertz CT molecular complexity index is 705. The Morgan fingerprint density at radius 3 is 2.41 bits per heavy atom. The van der Waals surface area contributed by atoms with Gasteiger partial charge in [-0.05, 0) is 50.6 Å². The van der Waals surface area contributed by atoms with E-state index in [9.17, 15) is 14.4 Å². The van der Waals surface area contributed by atoms with E-state index in [0.29, 0.717) is 12.0 Å². The highest BCUT2D eigenvalue weighted by Crippen LogP contribution is 2.13. The number of nitrogens with one attached hydrogen (secondary N) is 4. The average Bonchev–Trinajstić information content (AvgIpc) is 2.99. The first-order valence-corrected chi connectivity index (χ1v) is 10.1. The van der Waals surface area contributed by atoms with Crippen LogP contribution < -0.4 is 21.3 Å². The fourth-order valence-electron chi connectivity index (χ4n) is 3.13. The molecule has 2 rings (SSSR count). The van der Waals surface area contributed by atoms with Crippen LogP contribution in [0.25, 0.3) is 0 Å². The molecule has 1 aromatic rings. The number of amides is 2. The fraction of sp³-hybridized carbons (Fsp3) is 0.571. The van der Waals surface area contributed by atoms with Crippen molar-refractivity contribution in [2.45, 2.75) is 45.4 Å². The van der Waals surface area contributed by atoms with Crippen molar-refractivity contribution in [3.8, 4) is 0 Å². The van der Waals surface area contributed by atoms with Gasteiger partial charge in [-0.1, -0.05) is 13.8 Å². The minimum Gasteiger partial charge on any atom is -0.384 e. The van der Waals surface area contributed by atoms with E-state index < -0.39 is 12.1 Å². The zero-order chi connectivity index (χ0) is 21.4. The molecular weight excluding hydrogens is 372 g/mol. The van der Waals surface area contributed by atoms with Crippen LogP contribution >= 0.6 is 0 Å². The van der Waals surface area contributed by atoms with Crippen molar-refractivity contribution < 1.29 is 19.1 Å². The zero-order valence-electron chi connectivity index (χ0n) is 17.6. The summed E-state index contributed by atoms with van der Waals surface area (Å²) in [7, 11) is 1.88. The Morgan fingerprint density at radius 2 is 1.86 bits per heavy atom. The van der Waals surface area contributed by atoms with E-state index in [2.05, 4.69) is 21.3 Å². The van der Waals surface area contributed by atoms with Crippen molar-refractivity contribution in [1.82, 2.24) is 16.0 Å². The van der Waals surface area contributed by atoms with Gasteiger partial charge in [0.15, 0.2) is 5.78 Å². The molecule has 2 amide bonds. The molecule has 160 valence electrons. The van der Waals surface area contributed by atoms with Crippen molar-refractivity contribution in [2.75, 3.05) is 32.1 Å². The van der Waals surface area contributed by atoms with E-state index in [1.54, 1.807) is 19.1 Å². The summed E-state index contributed by atoms with van der Waals surface area (Å²) in [5, 5.41) is 11.8. The molecule has 1 fully saturated rings. The minimum atomic E-state index is -0.725. The quantitative estimate of drug-likeness (QED) is 0.432. The van der Waals surface area contributed by atoms with Crippen LogP contribution in [-0.2, 0) is 14.3 Å². The van der Waals surface area contributed by atoms with Gasteiger partial charge in [0, 0.05) is 24.3 Å². The van der Waals surface area contributed by atoms with Crippen LogP contribution in [0, 0.1) is 5.92 Å². The van der Waals surface area contributed by atoms with Gasteiger partial charge in [0.05, 0.1) is 6.10 Å². The van der Waals surface area contributed by atoms with Gasteiger partial charge in [0.25, 0.3) is 5.91 Å². The van der Waals surface area contributed by atoms with E-state index in [-0.39, 0.29) is 36.2 Å². The molecule has 1 saturated heterocycles. The lowest BCUT2D eigenvalue weighted by molar-refractivity contribution is -0.127. The molecule has 0 spiro atoms. The monoisotopic (exact) mass is 404 g/mol. The predicted octanol–water partition coefficient (Wildman–Crippen LogP) is 0.935. The summed E-state index contributed by atoms with van der Waals surface area (Å²) >= 11 is 0. The smallest absolute Gasteiger partial charge is 0.251 e. The maximum Gasteiger partial charge on any atom is 0.251 e. The molecule has 1 aliphatic heterocycles. The number of hydrogen-bond acceptors (Lipinski definition) is 6. The summed E-state index contributed by atoms with van der Waals surface area (Å²) in [6.45, 7) is 7.32. The molecule has 0 radical (unpaired) electrons. The largest absolute Gasteiger partial charge is 0.384 e. The molecule has 0 bridgehead atoms. The normalized spacial score (nSPS) is 19.8. The van der Waals surface area contributed by atoms with E-state index in [0.717, 1.165) is 18.8 Å². The number of carbonyl (C=O) groups excluding carboxylic acids is 3. The Morgan fingerprint density at radius 1 is 1.17 bits per heavy atom. The molecule has 29 heavy (non-hydrogen) atoms. The lowest BCUT2D eigenvalue weighted by atomic mass is 10.0. The van der Waals surface area contributed by atoms with Crippen LogP contribution in [0.15, 0.2) is 24.3 Å². The van der Waals surface area contributed by atoms with Gasteiger partial charge in [-0.3, -0.25) is 14.4 Å². The van der Waals surface area contributed by atoms with Gasteiger partial charge < -0.3 is 26.0 Å². The summed E-state index contributed by atoms with van der Waals surface area (Å²) < 4.78 is 5.27. The number of likely N-dealkylation sites (N-methyl/N-ethyl adjacent to an activating group) is 1. The maximum absolute atomic E-state index is 12.7. The number of hydrogen-bond donors (Lipinski definition) is 4. The van der Waals surface area contributed by atoms with Crippen LogP contribution in [0.4, 0.5) is 5.69 Å². The number of benzene rings is 1. The van der Waals surface area contributed by atoms with Crippen LogP contribution in [0.2, 0.25) is 0 Å². The maximum atomic E-state index is 12.7. The second-order valence-corrected chi connectivity index (χ2v) is 7.73. The molecule has 1 heterocycles. The molecule has 8 heteroatoms. The molecule has 3 atom stereocenters. The van der Waals surface area contributed by atoms with Crippen LogP contribution in [0.5, 0.6) is 0 Å². The van der Waals surface area contributed by atoms with Gasteiger partial charge in [-0.2, -0.15) is 0 Å². The van der Waals surface area contributed by atoms with Gasteiger partial charge in [0.1, 0.15) is 18.7 Å². The van der Waals surface area contributed by atoms with Gasteiger partial charge >= 0.3 is 0 Å². The number of Topliss-reactive ketones (excluding diaryl/α,β-unsaturated/α-hetero) is 1. The number of rotatable bonds is 10. The molecular formula is C21H32N4O4. The Balaban J connectivity index is 2.00. The first kappa shape index (κ1) is 22.8. The summed E-state index contributed by atoms with van der Waals surface area (Å²) in [5.41, 5.74) is 1.39. The fourth-order valence-corrected chi connectivity index (χ4v) is 3.13. The molecule has 1 aromatic carbocycles. The van der Waals surface area contributed by atoms with E-state index in [4.69, 9.17) is 4.74 Å². The molecule has 4 N–H and O–H groups in total. The average molecular weight is 405 g/mol. The topological polar surface area (TPSA) is 109 Å². The SMILES string of the molecule is CNCCNc1ccc(C(=O)NC(CC(C)C)C(=O)N[C@@H]2C(=O)CO[C@@H]2C)cc1.